The number of esters is 1. The highest BCUT2D eigenvalue weighted by Gasteiger charge is 2.68. The minimum atomic E-state index is -6.07. The average Bonchev–Trinajstić information content (AvgIpc) is 1.95. The molecular formula is C7H6F6O4. The van der Waals surface area contributed by atoms with Gasteiger partial charge in [0.25, 0.3) is 0 Å². The number of hydrogen-bond acceptors (Lipinski definition) is 4. The first-order valence-corrected chi connectivity index (χ1v) is 3.76. The molecular weight excluding hydrogens is 262 g/mol. The smallest absolute Gasteiger partial charge is 0.404 e. The van der Waals surface area contributed by atoms with Crippen molar-refractivity contribution in [3.8, 4) is 0 Å². The van der Waals surface area contributed by atoms with E-state index in [4.69, 9.17) is 10.2 Å². The van der Waals surface area contributed by atoms with Gasteiger partial charge in [-0.25, -0.2) is 4.79 Å². The number of alkyl halides is 6. The summed E-state index contributed by atoms with van der Waals surface area (Å²) in [4.78, 5) is 10.4. The normalized spacial score (nSPS) is 13.7. The predicted octanol–water partition coefficient (Wildman–Crippen LogP) is 1.09. The van der Waals surface area contributed by atoms with E-state index < -0.39 is 30.2 Å². The molecule has 0 radical (unpaired) electrons. The van der Waals surface area contributed by atoms with Crippen LogP contribution in [0.2, 0.25) is 0 Å². The fourth-order valence-corrected chi connectivity index (χ4v) is 0.861. The Hall–Kier alpha value is -1.29. The summed E-state index contributed by atoms with van der Waals surface area (Å²) in [6, 6.07) is 0. The van der Waals surface area contributed by atoms with Crippen LogP contribution in [0, 0.1) is 5.92 Å². The molecule has 0 amide bonds. The average molecular weight is 268 g/mol. The van der Waals surface area contributed by atoms with Gasteiger partial charge < -0.3 is 14.9 Å². The maximum atomic E-state index is 12.0. The van der Waals surface area contributed by atoms with Crippen molar-refractivity contribution in [2.45, 2.75) is 18.3 Å². The van der Waals surface area contributed by atoms with Crippen LogP contribution in [-0.2, 0) is 9.53 Å². The first-order chi connectivity index (χ1) is 7.32. The first kappa shape index (κ1) is 15.7. The molecule has 4 nitrogen and oxygen atoms in total. The molecule has 0 aliphatic rings. The Balaban J connectivity index is 5.32. The summed E-state index contributed by atoms with van der Waals surface area (Å²) < 4.78 is 75.3. The lowest BCUT2D eigenvalue weighted by atomic mass is 10.1. The van der Waals surface area contributed by atoms with Crippen molar-refractivity contribution in [3.63, 3.8) is 0 Å². The van der Waals surface area contributed by atoms with Crippen molar-refractivity contribution in [1.82, 2.24) is 0 Å². The van der Waals surface area contributed by atoms with Crippen LogP contribution in [0.25, 0.3) is 0 Å². The molecule has 0 atom stereocenters. The number of aliphatic hydroxyl groups is 2. The maximum Gasteiger partial charge on any atom is 0.409 e. The number of rotatable bonds is 3. The second-order valence-electron chi connectivity index (χ2n) is 2.80. The molecule has 2 N–H and O–H groups in total. The molecule has 0 aliphatic carbocycles. The summed E-state index contributed by atoms with van der Waals surface area (Å²) in [5.74, 6) is -11.3. The number of hydrogen-bond donors (Lipinski definition) is 2. The Morgan fingerprint density at radius 1 is 1.12 bits per heavy atom. The summed E-state index contributed by atoms with van der Waals surface area (Å²) in [7, 11) is 0. The summed E-state index contributed by atoms with van der Waals surface area (Å²) in [5, 5.41) is 17.1. The van der Waals surface area contributed by atoms with Crippen LogP contribution in [0.3, 0.4) is 0 Å². The van der Waals surface area contributed by atoms with E-state index in [9.17, 15) is 31.1 Å². The number of carbonyl (C=O) groups is 1. The Morgan fingerprint density at radius 3 is 1.71 bits per heavy atom. The van der Waals surface area contributed by atoms with E-state index in [0.29, 0.717) is 0 Å². The summed E-state index contributed by atoms with van der Waals surface area (Å²) in [6.07, 6.45) is -12.0. The molecule has 0 saturated heterocycles. The molecule has 0 spiro atoms. The molecule has 0 aromatic carbocycles. The molecule has 0 saturated carbocycles. The fraction of sp³-hybridized carbons (Fsp3) is 0.571. The van der Waals surface area contributed by atoms with Crippen molar-refractivity contribution >= 4 is 5.97 Å². The molecule has 0 fully saturated rings. The minimum Gasteiger partial charge on any atom is -0.404 e. The third-order valence-corrected chi connectivity index (χ3v) is 1.45. The monoisotopic (exact) mass is 268 g/mol. The van der Waals surface area contributed by atoms with Gasteiger partial charge in [-0.1, -0.05) is 6.58 Å². The van der Waals surface area contributed by atoms with Crippen LogP contribution in [0.15, 0.2) is 12.7 Å². The van der Waals surface area contributed by atoms with Crippen LogP contribution in [0.4, 0.5) is 26.3 Å². The zero-order valence-electron chi connectivity index (χ0n) is 7.84. The van der Waals surface area contributed by atoms with Gasteiger partial charge in [0, 0.05) is 6.08 Å². The Kier molecular flexibility index (Phi) is 4.18. The lowest BCUT2D eigenvalue weighted by molar-refractivity contribution is -0.435. The van der Waals surface area contributed by atoms with E-state index in [2.05, 4.69) is 11.3 Å². The van der Waals surface area contributed by atoms with Gasteiger partial charge in [0.05, 0.1) is 0 Å². The number of halogens is 6. The highest BCUT2D eigenvalue weighted by Crippen LogP contribution is 2.45. The maximum absolute atomic E-state index is 12.0. The lowest BCUT2D eigenvalue weighted by Gasteiger charge is -2.32. The summed E-state index contributed by atoms with van der Waals surface area (Å²) in [5.41, 5.74) is 0. The largest absolute Gasteiger partial charge is 0.409 e. The SMILES string of the molecule is C=CC(=O)OC(O)(O)C(C(F)(F)F)C(F)(F)F. The molecule has 0 aromatic rings. The van der Waals surface area contributed by atoms with Gasteiger partial charge in [-0.15, -0.1) is 0 Å². The van der Waals surface area contributed by atoms with Crippen molar-refractivity contribution in [2.24, 2.45) is 5.92 Å². The zero-order valence-corrected chi connectivity index (χ0v) is 7.84. The van der Waals surface area contributed by atoms with E-state index in [0.717, 1.165) is 0 Å². The molecule has 0 bridgehead atoms. The van der Waals surface area contributed by atoms with Crippen LogP contribution < -0.4 is 0 Å². The summed E-state index contributed by atoms with van der Waals surface area (Å²) >= 11 is 0. The van der Waals surface area contributed by atoms with E-state index >= 15 is 0 Å². The van der Waals surface area contributed by atoms with Crippen LogP contribution in [0.5, 0.6) is 0 Å². The van der Waals surface area contributed by atoms with Gasteiger partial charge in [0.15, 0.2) is 0 Å². The molecule has 0 rings (SSSR count). The first-order valence-electron chi connectivity index (χ1n) is 3.76. The van der Waals surface area contributed by atoms with Crippen LogP contribution in [-0.4, -0.2) is 34.5 Å². The van der Waals surface area contributed by atoms with Crippen molar-refractivity contribution in [2.75, 3.05) is 0 Å². The van der Waals surface area contributed by atoms with Crippen LogP contribution in [0.1, 0.15) is 0 Å². The molecule has 10 heteroatoms. The molecule has 0 aromatic heterocycles. The highest BCUT2D eigenvalue weighted by molar-refractivity contribution is 5.81. The van der Waals surface area contributed by atoms with E-state index in [1.165, 1.54) is 0 Å². The van der Waals surface area contributed by atoms with Gasteiger partial charge >= 0.3 is 24.3 Å². The highest BCUT2D eigenvalue weighted by atomic mass is 19.4. The van der Waals surface area contributed by atoms with Gasteiger partial charge in [0.2, 0.25) is 5.92 Å². The second kappa shape index (κ2) is 4.53. The van der Waals surface area contributed by atoms with Crippen molar-refractivity contribution in [3.05, 3.63) is 12.7 Å². The quantitative estimate of drug-likeness (QED) is 0.348. The van der Waals surface area contributed by atoms with Gasteiger partial charge in [0.1, 0.15) is 0 Å². The van der Waals surface area contributed by atoms with Crippen LogP contribution >= 0.6 is 0 Å². The van der Waals surface area contributed by atoms with E-state index in [-0.39, 0.29) is 6.08 Å². The van der Waals surface area contributed by atoms with Gasteiger partial charge in [-0.2, -0.15) is 26.3 Å². The Morgan fingerprint density at radius 2 is 1.47 bits per heavy atom. The van der Waals surface area contributed by atoms with Crippen molar-refractivity contribution < 1.29 is 46.1 Å². The molecule has 0 unspecified atom stereocenters. The minimum absolute atomic E-state index is 0.172. The molecule has 0 heterocycles. The third kappa shape index (κ3) is 4.23. The van der Waals surface area contributed by atoms with E-state index in [1.807, 2.05) is 0 Å². The lowest BCUT2D eigenvalue weighted by Crippen LogP contribution is -2.55. The molecule has 100 valence electrons. The molecule has 0 aliphatic heterocycles. The number of carbonyl (C=O) groups excluding carboxylic acids is 1. The topological polar surface area (TPSA) is 66.8 Å². The number of ether oxygens (including phenoxy) is 1. The van der Waals surface area contributed by atoms with Gasteiger partial charge in [-0.3, -0.25) is 0 Å². The second-order valence-corrected chi connectivity index (χ2v) is 2.80. The standard InChI is InChI=1S/C7H6F6O4/c1-2-3(14)17-7(15,16)4(5(8,9)10)6(11,12)13/h2,4,15-16H,1H2. The third-order valence-electron chi connectivity index (χ3n) is 1.45. The summed E-state index contributed by atoms with van der Waals surface area (Å²) in [6.45, 7) is 2.67. The van der Waals surface area contributed by atoms with E-state index in [1.54, 1.807) is 0 Å². The Bertz CT molecular complexity index is 290. The Labute approximate surface area is 90.1 Å². The van der Waals surface area contributed by atoms with Gasteiger partial charge in [-0.05, 0) is 0 Å². The molecule has 17 heavy (non-hydrogen) atoms. The zero-order chi connectivity index (χ0) is 14.1. The fourth-order valence-electron chi connectivity index (χ4n) is 0.861. The van der Waals surface area contributed by atoms with Crippen molar-refractivity contribution in [1.29, 1.82) is 0 Å². The predicted molar refractivity (Wildman–Crippen MR) is 39.1 cm³/mol.